The quantitative estimate of drug-likeness (QED) is 0.827. The molecule has 0 aliphatic carbocycles. The third-order valence-electron chi connectivity index (χ3n) is 2.82. The lowest BCUT2D eigenvalue weighted by Crippen LogP contribution is -1.99. The van der Waals surface area contributed by atoms with Crippen molar-refractivity contribution in [3.05, 3.63) is 47.8 Å². The lowest BCUT2D eigenvalue weighted by atomic mass is 10.2. The second kappa shape index (κ2) is 13.0. The number of thiophene rings is 1. The fourth-order valence-corrected chi connectivity index (χ4v) is 2.07. The summed E-state index contributed by atoms with van der Waals surface area (Å²) >= 11 is 1.78. The summed E-state index contributed by atoms with van der Waals surface area (Å²) in [6.07, 6.45) is 1.93. The summed E-state index contributed by atoms with van der Waals surface area (Å²) < 4.78 is 0. The Hall–Kier alpha value is -1.65. The fraction of sp³-hybridized carbons (Fsp3) is 0.389. The van der Waals surface area contributed by atoms with Gasteiger partial charge in [-0.3, -0.25) is 4.79 Å². The van der Waals surface area contributed by atoms with Crippen LogP contribution in [0.3, 0.4) is 0 Å². The molecular formula is C18H26O3S. The third kappa shape index (κ3) is 10.1. The molecule has 2 N–H and O–H groups in total. The molecule has 22 heavy (non-hydrogen) atoms. The highest BCUT2D eigenvalue weighted by molar-refractivity contribution is 7.13. The fourth-order valence-electron chi connectivity index (χ4n) is 1.33. The van der Waals surface area contributed by atoms with Gasteiger partial charge in [0, 0.05) is 11.3 Å². The summed E-state index contributed by atoms with van der Waals surface area (Å²) in [5.41, 5.74) is 1.31. The maximum Gasteiger partial charge on any atom is 0.303 e. The third-order valence-corrected chi connectivity index (χ3v) is 3.74. The van der Waals surface area contributed by atoms with Crippen LogP contribution in [0, 0.1) is 0 Å². The summed E-state index contributed by atoms with van der Waals surface area (Å²) in [5.74, 6) is -0.745. The topological polar surface area (TPSA) is 57.5 Å². The number of carboxylic acid groups (broad SMARTS) is 1. The van der Waals surface area contributed by atoms with E-state index in [1.54, 1.807) is 18.3 Å². The average Bonchev–Trinajstić information content (AvgIpc) is 3.10. The smallest absolute Gasteiger partial charge is 0.303 e. The lowest BCUT2D eigenvalue weighted by molar-refractivity contribution is -0.136. The minimum absolute atomic E-state index is 0.0648. The van der Waals surface area contributed by atoms with Gasteiger partial charge in [0.25, 0.3) is 0 Å². The first-order valence-corrected chi connectivity index (χ1v) is 8.41. The highest BCUT2D eigenvalue weighted by Gasteiger charge is 1.94. The number of carbonyl (C=O) groups is 1. The van der Waals surface area contributed by atoms with E-state index in [1.807, 2.05) is 19.9 Å². The second-order valence-corrected chi connectivity index (χ2v) is 5.51. The van der Waals surface area contributed by atoms with Crippen molar-refractivity contribution < 1.29 is 15.0 Å². The molecule has 1 aromatic heterocycles. The van der Waals surface area contributed by atoms with Gasteiger partial charge in [0.15, 0.2) is 0 Å². The standard InChI is InChI=1S/C10H8S.C5H12O.C3H6O2/c1-2-5-9(6-3-1)10-7-4-8-11-10;1-3-5(6)4-2;1-2-3(4)5/h1-8H;5-6H,3-4H2,1-2H3;2H2,1H3,(H,4,5). The Morgan fingerprint density at radius 3 is 1.91 bits per heavy atom. The molecule has 1 heterocycles. The molecule has 2 rings (SSSR count). The molecule has 4 heteroatoms. The number of benzene rings is 1. The maximum absolute atomic E-state index is 9.37. The molecule has 0 saturated heterocycles. The van der Waals surface area contributed by atoms with Crippen LogP contribution in [0.1, 0.15) is 40.0 Å². The first-order chi connectivity index (χ1) is 10.5. The normalized spacial score (nSPS) is 9.32. The highest BCUT2D eigenvalue weighted by Crippen LogP contribution is 2.23. The van der Waals surface area contributed by atoms with E-state index in [0.717, 1.165) is 12.8 Å². The predicted octanol–water partition coefficient (Wildman–Crippen LogP) is 5.06. The lowest BCUT2D eigenvalue weighted by Gasteiger charge is -1.98. The molecule has 0 amide bonds. The molecule has 0 atom stereocenters. The molecule has 0 aliphatic heterocycles. The van der Waals surface area contributed by atoms with Crippen molar-refractivity contribution >= 4 is 17.3 Å². The minimum Gasteiger partial charge on any atom is -0.481 e. The summed E-state index contributed by atoms with van der Waals surface area (Å²) in [4.78, 5) is 10.7. The van der Waals surface area contributed by atoms with Gasteiger partial charge in [-0.15, -0.1) is 11.3 Å². The van der Waals surface area contributed by atoms with Crippen molar-refractivity contribution in [1.82, 2.24) is 0 Å². The van der Waals surface area contributed by atoms with E-state index in [1.165, 1.54) is 10.4 Å². The molecule has 0 aliphatic rings. The van der Waals surface area contributed by atoms with Crippen LogP contribution < -0.4 is 0 Å². The molecule has 122 valence electrons. The van der Waals surface area contributed by atoms with Crippen molar-refractivity contribution in [1.29, 1.82) is 0 Å². The number of carboxylic acids is 1. The van der Waals surface area contributed by atoms with Gasteiger partial charge < -0.3 is 10.2 Å². The summed E-state index contributed by atoms with van der Waals surface area (Å²) in [6, 6.07) is 14.6. The van der Waals surface area contributed by atoms with Gasteiger partial charge in [-0.25, -0.2) is 0 Å². The SMILES string of the molecule is CCC(=O)O.CCC(O)CC.c1ccc(-c2cccs2)cc1. The predicted molar refractivity (Wildman–Crippen MR) is 94.3 cm³/mol. The van der Waals surface area contributed by atoms with Crippen molar-refractivity contribution in [3.8, 4) is 10.4 Å². The van der Waals surface area contributed by atoms with Gasteiger partial charge in [0.1, 0.15) is 0 Å². The highest BCUT2D eigenvalue weighted by atomic mass is 32.1. The number of aliphatic carboxylic acids is 1. The second-order valence-electron chi connectivity index (χ2n) is 4.56. The van der Waals surface area contributed by atoms with Crippen molar-refractivity contribution in [3.63, 3.8) is 0 Å². The molecule has 1 aromatic carbocycles. The van der Waals surface area contributed by atoms with E-state index >= 15 is 0 Å². The van der Waals surface area contributed by atoms with Crippen LogP contribution in [0.5, 0.6) is 0 Å². The number of rotatable bonds is 4. The molecule has 2 aromatic rings. The number of hydrogen-bond donors (Lipinski definition) is 2. The number of hydrogen-bond acceptors (Lipinski definition) is 3. The van der Waals surface area contributed by atoms with E-state index in [9.17, 15) is 4.79 Å². The maximum atomic E-state index is 9.37. The molecule has 0 radical (unpaired) electrons. The van der Waals surface area contributed by atoms with Crippen LogP contribution in [0.2, 0.25) is 0 Å². The number of aliphatic hydroxyl groups excluding tert-OH is 1. The van der Waals surface area contributed by atoms with Gasteiger partial charge in [0.05, 0.1) is 6.10 Å². The minimum atomic E-state index is -0.745. The van der Waals surface area contributed by atoms with Crippen LogP contribution in [-0.2, 0) is 4.79 Å². The molecule has 0 saturated carbocycles. The van der Waals surface area contributed by atoms with Crippen LogP contribution in [0.15, 0.2) is 47.8 Å². The van der Waals surface area contributed by atoms with Crippen LogP contribution in [-0.4, -0.2) is 22.3 Å². The molecule has 0 unspecified atom stereocenters. The summed E-state index contributed by atoms with van der Waals surface area (Å²) in [7, 11) is 0. The van der Waals surface area contributed by atoms with E-state index in [4.69, 9.17) is 10.2 Å². The van der Waals surface area contributed by atoms with Gasteiger partial charge >= 0.3 is 5.97 Å². The van der Waals surface area contributed by atoms with Gasteiger partial charge in [-0.1, -0.05) is 57.2 Å². The van der Waals surface area contributed by atoms with Crippen LogP contribution >= 0.6 is 11.3 Å². The van der Waals surface area contributed by atoms with E-state index in [0.29, 0.717) is 0 Å². The van der Waals surface area contributed by atoms with E-state index in [-0.39, 0.29) is 12.5 Å². The Morgan fingerprint density at radius 1 is 1.05 bits per heavy atom. The Kier molecular flexibility index (Phi) is 12.1. The molecule has 0 spiro atoms. The monoisotopic (exact) mass is 322 g/mol. The Labute approximate surface area is 137 Å². The van der Waals surface area contributed by atoms with Crippen LogP contribution in [0.4, 0.5) is 0 Å². The zero-order valence-corrected chi connectivity index (χ0v) is 14.3. The first kappa shape index (κ1) is 20.3. The molecule has 3 nitrogen and oxygen atoms in total. The van der Waals surface area contributed by atoms with E-state index in [2.05, 4.69) is 41.8 Å². The zero-order valence-electron chi connectivity index (χ0n) is 13.5. The van der Waals surface area contributed by atoms with Crippen molar-refractivity contribution in [2.45, 2.75) is 46.1 Å². The molecular weight excluding hydrogens is 296 g/mol. The van der Waals surface area contributed by atoms with Gasteiger partial charge in [-0.05, 0) is 29.9 Å². The molecule has 0 bridgehead atoms. The summed E-state index contributed by atoms with van der Waals surface area (Å²) in [5, 5.41) is 18.5. The van der Waals surface area contributed by atoms with Crippen molar-refractivity contribution in [2.24, 2.45) is 0 Å². The van der Waals surface area contributed by atoms with Gasteiger partial charge in [0.2, 0.25) is 0 Å². The summed E-state index contributed by atoms with van der Waals surface area (Å²) in [6.45, 7) is 5.56. The Balaban J connectivity index is 0.000000344. The average molecular weight is 322 g/mol. The largest absolute Gasteiger partial charge is 0.481 e. The van der Waals surface area contributed by atoms with E-state index < -0.39 is 5.97 Å². The molecule has 0 fully saturated rings. The number of aliphatic hydroxyl groups is 1. The Bertz CT molecular complexity index is 476. The Morgan fingerprint density at radius 2 is 1.59 bits per heavy atom. The van der Waals surface area contributed by atoms with Crippen molar-refractivity contribution in [2.75, 3.05) is 0 Å². The zero-order chi connectivity index (χ0) is 16.8. The van der Waals surface area contributed by atoms with Crippen LogP contribution in [0.25, 0.3) is 10.4 Å². The van der Waals surface area contributed by atoms with Gasteiger partial charge in [-0.2, -0.15) is 0 Å². The first-order valence-electron chi connectivity index (χ1n) is 7.53.